The molecule has 2 aromatic rings. The maximum atomic E-state index is 12.0. The van der Waals surface area contributed by atoms with Gasteiger partial charge in [-0.15, -0.1) is 0 Å². The number of nitrogen functional groups attached to an aromatic ring is 1. The van der Waals surface area contributed by atoms with Gasteiger partial charge in [-0.2, -0.15) is 0 Å². The molecule has 0 radical (unpaired) electrons. The number of aromatic amines is 1. The number of fused-ring (bicyclic) bond motifs is 1. The number of anilines is 2. The van der Waals surface area contributed by atoms with Crippen molar-refractivity contribution < 1.29 is 0 Å². The van der Waals surface area contributed by atoms with Gasteiger partial charge in [0.05, 0.1) is 10.9 Å². The van der Waals surface area contributed by atoms with Gasteiger partial charge in [0.15, 0.2) is 0 Å². The Morgan fingerprint density at radius 3 is 2.95 bits per heavy atom. The highest BCUT2D eigenvalue weighted by Gasteiger charge is 2.15. The van der Waals surface area contributed by atoms with Gasteiger partial charge in [0, 0.05) is 12.2 Å². The van der Waals surface area contributed by atoms with E-state index in [9.17, 15) is 4.79 Å². The SMILES string of the molecule is Nc1ccc2nc(NCC3CCCC3)[nH]c(=O)c2c1. The third kappa shape index (κ3) is 2.54. The van der Waals surface area contributed by atoms with Crippen molar-refractivity contribution in [2.24, 2.45) is 5.92 Å². The molecule has 1 heterocycles. The maximum Gasteiger partial charge on any atom is 0.260 e. The summed E-state index contributed by atoms with van der Waals surface area (Å²) in [4.78, 5) is 19.1. The zero-order valence-electron chi connectivity index (χ0n) is 10.8. The van der Waals surface area contributed by atoms with Crippen LogP contribution in [-0.4, -0.2) is 16.5 Å². The Bertz CT molecular complexity index is 643. The minimum atomic E-state index is -0.147. The fourth-order valence-electron chi connectivity index (χ4n) is 2.70. The molecule has 0 spiro atoms. The van der Waals surface area contributed by atoms with Gasteiger partial charge in [0.1, 0.15) is 0 Å². The van der Waals surface area contributed by atoms with E-state index >= 15 is 0 Å². The molecule has 1 saturated carbocycles. The summed E-state index contributed by atoms with van der Waals surface area (Å²) in [5.74, 6) is 1.25. The van der Waals surface area contributed by atoms with Crippen LogP contribution in [0.5, 0.6) is 0 Å². The van der Waals surface area contributed by atoms with Gasteiger partial charge in [-0.25, -0.2) is 4.98 Å². The van der Waals surface area contributed by atoms with E-state index in [2.05, 4.69) is 15.3 Å². The van der Waals surface area contributed by atoms with E-state index in [1.165, 1.54) is 25.7 Å². The molecular weight excluding hydrogens is 240 g/mol. The molecule has 3 rings (SSSR count). The fourth-order valence-corrected chi connectivity index (χ4v) is 2.70. The molecule has 4 N–H and O–H groups in total. The van der Waals surface area contributed by atoms with Crippen molar-refractivity contribution in [3.63, 3.8) is 0 Å². The summed E-state index contributed by atoms with van der Waals surface area (Å²) in [5.41, 5.74) is 6.78. The number of benzene rings is 1. The lowest BCUT2D eigenvalue weighted by Crippen LogP contribution is -2.17. The molecule has 0 unspecified atom stereocenters. The van der Waals surface area contributed by atoms with Crippen molar-refractivity contribution in [1.29, 1.82) is 0 Å². The van der Waals surface area contributed by atoms with Crippen LogP contribution in [0.25, 0.3) is 10.9 Å². The highest BCUT2D eigenvalue weighted by molar-refractivity contribution is 5.81. The van der Waals surface area contributed by atoms with Gasteiger partial charge in [-0.05, 0) is 37.0 Å². The van der Waals surface area contributed by atoms with Gasteiger partial charge in [0.2, 0.25) is 5.95 Å². The monoisotopic (exact) mass is 258 g/mol. The first kappa shape index (κ1) is 12.0. The molecule has 1 aromatic carbocycles. The number of rotatable bonds is 3. The van der Waals surface area contributed by atoms with Crippen LogP contribution >= 0.6 is 0 Å². The Kier molecular flexibility index (Phi) is 3.11. The summed E-state index contributed by atoms with van der Waals surface area (Å²) in [6.45, 7) is 0.878. The molecule has 0 bridgehead atoms. The molecule has 1 aliphatic carbocycles. The van der Waals surface area contributed by atoms with Crippen LogP contribution in [-0.2, 0) is 0 Å². The van der Waals surface area contributed by atoms with E-state index in [4.69, 9.17) is 5.73 Å². The topological polar surface area (TPSA) is 83.8 Å². The molecular formula is C14H18N4O. The highest BCUT2D eigenvalue weighted by Crippen LogP contribution is 2.24. The normalized spacial score (nSPS) is 16.0. The van der Waals surface area contributed by atoms with Gasteiger partial charge in [-0.3, -0.25) is 9.78 Å². The van der Waals surface area contributed by atoms with Gasteiger partial charge < -0.3 is 11.1 Å². The van der Waals surface area contributed by atoms with Crippen molar-refractivity contribution in [3.8, 4) is 0 Å². The summed E-state index contributed by atoms with van der Waals surface area (Å²) in [5, 5.41) is 3.77. The van der Waals surface area contributed by atoms with Crippen molar-refractivity contribution in [1.82, 2.24) is 9.97 Å². The summed E-state index contributed by atoms with van der Waals surface area (Å²) >= 11 is 0. The standard InChI is InChI=1S/C14H18N4O/c15-10-5-6-12-11(7-10)13(19)18-14(17-12)16-8-9-3-1-2-4-9/h5-7,9H,1-4,8,15H2,(H2,16,17,18,19). The van der Waals surface area contributed by atoms with Crippen molar-refractivity contribution in [3.05, 3.63) is 28.6 Å². The molecule has 1 aliphatic rings. The van der Waals surface area contributed by atoms with Crippen LogP contribution in [0.3, 0.4) is 0 Å². The molecule has 5 nitrogen and oxygen atoms in total. The first-order valence-corrected chi connectivity index (χ1v) is 6.76. The minimum Gasteiger partial charge on any atom is -0.399 e. The zero-order valence-corrected chi connectivity index (χ0v) is 10.8. The second-order valence-corrected chi connectivity index (χ2v) is 5.22. The number of hydrogen-bond donors (Lipinski definition) is 3. The van der Waals surface area contributed by atoms with E-state index in [0.29, 0.717) is 28.5 Å². The van der Waals surface area contributed by atoms with Crippen LogP contribution < -0.4 is 16.6 Å². The fraction of sp³-hybridized carbons (Fsp3) is 0.429. The Hall–Kier alpha value is -2.04. The minimum absolute atomic E-state index is 0.147. The van der Waals surface area contributed by atoms with Crippen LogP contribution in [0, 0.1) is 5.92 Å². The van der Waals surface area contributed by atoms with E-state index in [1.807, 2.05) is 0 Å². The van der Waals surface area contributed by atoms with E-state index in [1.54, 1.807) is 18.2 Å². The lowest BCUT2D eigenvalue weighted by Gasteiger charge is -2.11. The second-order valence-electron chi connectivity index (χ2n) is 5.22. The highest BCUT2D eigenvalue weighted by atomic mass is 16.1. The number of hydrogen-bond acceptors (Lipinski definition) is 4. The lowest BCUT2D eigenvalue weighted by molar-refractivity contribution is 0.578. The predicted molar refractivity (Wildman–Crippen MR) is 77.2 cm³/mol. The third-order valence-corrected chi connectivity index (χ3v) is 3.76. The van der Waals surface area contributed by atoms with Gasteiger partial charge >= 0.3 is 0 Å². The molecule has 100 valence electrons. The van der Waals surface area contributed by atoms with Gasteiger partial charge in [-0.1, -0.05) is 12.8 Å². The number of nitrogens with two attached hydrogens (primary N) is 1. The first-order valence-electron chi connectivity index (χ1n) is 6.76. The summed E-state index contributed by atoms with van der Waals surface area (Å²) in [6.07, 6.45) is 5.16. The maximum absolute atomic E-state index is 12.0. The van der Waals surface area contributed by atoms with Crippen LogP contribution in [0.2, 0.25) is 0 Å². The van der Waals surface area contributed by atoms with Crippen LogP contribution in [0.1, 0.15) is 25.7 Å². The van der Waals surface area contributed by atoms with Crippen molar-refractivity contribution in [2.45, 2.75) is 25.7 Å². The van der Waals surface area contributed by atoms with E-state index in [0.717, 1.165) is 6.54 Å². The molecule has 5 heteroatoms. The Labute approximate surface area is 111 Å². The Morgan fingerprint density at radius 2 is 2.16 bits per heavy atom. The number of H-pyrrole nitrogens is 1. The molecule has 0 amide bonds. The number of nitrogens with zero attached hydrogens (tertiary/aromatic N) is 1. The summed E-state index contributed by atoms with van der Waals surface area (Å²) in [6, 6.07) is 5.19. The number of nitrogens with one attached hydrogen (secondary N) is 2. The molecule has 0 atom stereocenters. The lowest BCUT2D eigenvalue weighted by atomic mass is 10.1. The molecule has 0 aliphatic heterocycles. The average molecular weight is 258 g/mol. The van der Waals surface area contributed by atoms with Crippen LogP contribution in [0.4, 0.5) is 11.6 Å². The van der Waals surface area contributed by atoms with Gasteiger partial charge in [0.25, 0.3) is 5.56 Å². The van der Waals surface area contributed by atoms with E-state index < -0.39 is 0 Å². The first-order chi connectivity index (χ1) is 9.22. The second kappa shape index (κ2) is 4.91. The van der Waals surface area contributed by atoms with Crippen LogP contribution in [0.15, 0.2) is 23.0 Å². The quantitative estimate of drug-likeness (QED) is 0.736. The summed E-state index contributed by atoms with van der Waals surface area (Å²) in [7, 11) is 0. The van der Waals surface area contributed by atoms with E-state index in [-0.39, 0.29) is 5.56 Å². The Morgan fingerprint density at radius 1 is 1.37 bits per heavy atom. The third-order valence-electron chi connectivity index (χ3n) is 3.76. The molecule has 19 heavy (non-hydrogen) atoms. The van der Waals surface area contributed by atoms with Crippen molar-refractivity contribution >= 4 is 22.5 Å². The number of aromatic nitrogens is 2. The smallest absolute Gasteiger partial charge is 0.260 e. The molecule has 0 saturated heterocycles. The molecule has 1 aromatic heterocycles. The Balaban J connectivity index is 1.84. The average Bonchev–Trinajstić information content (AvgIpc) is 2.90. The molecule has 1 fully saturated rings. The predicted octanol–water partition coefficient (Wildman–Crippen LogP) is 2.11. The summed E-state index contributed by atoms with van der Waals surface area (Å²) < 4.78 is 0. The van der Waals surface area contributed by atoms with Crippen molar-refractivity contribution in [2.75, 3.05) is 17.6 Å². The zero-order chi connectivity index (χ0) is 13.2. The largest absolute Gasteiger partial charge is 0.399 e.